The van der Waals surface area contributed by atoms with Crippen molar-refractivity contribution in [3.63, 3.8) is 0 Å². The van der Waals surface area contributed by atoms with Crippen LogP contribution in [0.15, 0.2) is 29.4 Å². The van der Waals surface area contributed by atoms with Crippen LogP contribution < -0.4 is 0 Å². The molecule has 0 fully saturated rings. The topological polar surface area (TPSA) is 45.4 Å². The number of nitrogens with zero attached hydrogens (tertiary/aromatic N) is 2. The Morgan fingerprint density at radius 2 is 2.19 bits per heavy atom. The summed E-state index contributed by atoms with van der Waals surface area (Å²) in [6.07, 6.45) is 0.929. The van der Waals surface area contributed by atoms with Crippen molar-refractivity contribution in [2.45, 2.75) is 26.4 Å². The molecular formula is C13H14N2O. The molecule has 0 aromatic heterocycles. The second-order valence-electron chi connectivity index (χ2n) is 4.29. The van der Waals surface area contributed by atoms with E-state index >= 15 is 0 Å². The Labute approximate surface area is 95.3 Å². The van der Waals surface area contributed by atoms with Crippen molar-refractivity contribution in [3.8, 4) is 6.07 Å². The summed E-state index contributed by atoms with van der Waals surface area (Å²) >= 11 is 0. The van der Waals surface area contributed by atoms with Crippen LogP contribution >= 0.6 is 0 Å². The maximum absolute atomic E-state index is 9.01. The third kappa shape index (κ3) is 1.92. The normalized spacial score (nSPS) is 19.1. The molecule has 0 saturated carbocycles. The number of benzene rings is 1. The maximum Gasteiger partial charge on any atom is 0.135 e. The molecule has 2 rings (SSSR count). The molecule has 1 aliphatic rings. The van der Waals surface area contributed by atoms with Gasteiger partial charge in [0.2, 0.25) is 0 Å². The molecule has 3 heteroatoms. The smallest absolute Gasteiger partial charge is 0.135 e. The second kappa shape index (κ2) is 4.36. The standard InChI is InChI=1S/C13H14N2O/c1-9(2)13-7-12(15-16-13)11-6-4-3-5-10(11)8-14/h3-6,9,13H,7H2,1-2H3. The van der Waals surface area contributed by atoms with Gasteiger partial charge in [-0.3, -0.25) is 0 Å². The van der Waals surface area contributed by atoms with Crippen LogP contribution in [-0.4, -0.2) is 11.8 Å². The molecule has 1 aromatic rings. The van der Waals surface area contributed by atoms with Crippen molar-refractivity contribution in [3.05, 3.63) is 35.4 Å². The number of hydrogen-bond donors (Lipinski definition) is 0. The fourth-order valence-corrected chi connectivity index (χ4v) is 1.75. The van der Waals surface area contributed by atoms with Gasteiger partial charge in [0, 0.05) is 12.0 Å². The summed E-state index contributed by atoms with van der Waals surface area (Å²) in [5.41, 5.74) is 2.44. The molecule has 0 saturated heterocycles. The zero-order valence-electron chi connectivity index (χ0n) is 9.47. The quantitative estimate of drug-likeness (QED) is 0.759. The minimum atomic E-state index is 0.141. The Bertz CT molecular complexity index is 457. The molecule has 82 valence electrons. The molecule has 0 amide bonds. The van der Waals surface area contributed by atoms with Crippen molar-refractivity contribution >= 4 is 5.71 Å². The van der Waals surface area contributed by atoms with Gasteiger partial charge in [-0.05, 0) is 12.0 Å². The number of hydrogen-bond acceptors (Lipinski definition) is 3. The van der Waals surface area contributed by atoms with Gasteiger partial charge in [-0.1, -0.05) is 37.2 Å². The van der Waals surface area contributed by atoms with Crippen molar-refractivity contribution in [2.24, 2.45) is 11.1 Å². The van der Waals surface area contributed by atoms with E-state index in [4.69, 9.17) is 10.1 Å². The summed E-state index contributed by atoms with van der Waals surface area (Å²) in [5.74, 6) is 0.440. The summed E-state index contributed by atoms with van der Waals surface area (Å²) in [7, 11) is 0. The van der Waals surface area contributed by atoms with Crippen LogP contribution in [0.5, 0.6) is 0 Å². The molecular weight excluding hydrogens is 200 g/mol. The predicted molar refractivity (Wildman–Crippen MR) is 62.0 cm³/mol. The molecule has 0 radical (unpaired) electrons. The van der Waals surface area contributed by atoms with Crippen LogP contribution in [-0.2, 0) is 4.84 Å². The molecule has 16 heavy (non-hydrogen) atoms. The van der Waals surface area contributed by atoms with E-state index in [2.05, 4.69) is 25.1 Å². The van der Waals surface area contributed by atoms with Crippen molar-refractivity contribution in [2.75, 3.05) is 0 Å². The highest BCUT2D eigenvalue weighted by atomic mass is 16.6. The molecule has 0 bridgehead atoms. The van der Waals surface area contributed by atoms with Gasteiger partial charge < -0.3 is 4.84 Å². The minimum Gasteiger partial charge on any atom is -0.392 e. The van der Waals surface area contributed by atoms with Crippen molar-refractivity contribution in [1.29, 1.82) is 5.26 Å². The summed E-state index contributed by atoms with van der Waals surface area (Å²) in [4.78, 5) is 5.36. The lowest BCUT2D eigenvalue weighted by molar-refractivity contribution is 0.0521. The van der Waals surface area contributed by atoms with Gasteiger partial charge in [0.1, 0.15) is 6.10 Å². The highest BCUT2D eigenvalue weighted by molar-refractivity contribution is 6.03. The highest BCUT2D eigenvalue weighted by Gasteiger charge is 2.25. The molecule has 0 aliphatic carbocycles. The van der Waals surface area contributed by atoms with Crippen LogP contribution in [0.4, 0.5) is 0 Å². The first-order chi connectivity index (χ1) is 7.72. The molecule has 1 atom stereocenters. The molecule has 3 nitrogen and oxygen atoms in total. The predicted octanol–water partition coefficient (Wildman–Crippen LogP) is 2.71. The van der Waals surface area contributed by atoms with Gasteiger partial charge in [-0.2, -0.15) is 5.26 Å². The van der Waals surface area contributed by atoms with E-state index in [1.54, 1.807) is 6.07 Å². The summed E-state index contributed by atoms with van der Waals surface area (Å²) in [6.45, 7) is 4.22. The lowest BCUT2D eigenvalue weighted by atomic mass is 9.96. The SMILES string of the molecule is CC(C)C1CC(c2ccccc2C#N)=NO1. The van der Waals surface area contributed by atoms with E-state index in [1.165, 1.54) is 0 Å². The maximum atomic E-state index is 9.01. The lowest BCUT2D eigenvalue weighted by Gasteiger charge is -2.11. The number of rotatable bonds is 2. The van der Waals surface area contributed by atoms with Gasteiger partial charge >= 0.3 is 0 Å². The van der Waals surface area contributed by atoms with Crippen LogP contribution in [0.1, 0.15) is 31.4 Å². The third-order valence-corrected chi connectivity index (χ3v) is 2.79. The largest absolute Gasteiger partial charge is 0.392 e. The average Bonchev–Trinajstić information content (AvgIpc) is 2.78. The van der Waals surface area contributed by atoms with Crippen molar-refractivity contribution in [1.82, 2.24) is 0 Å². The molecule has 1 heterocycles. The van der Waals surface area contributed by atoms with E-state index in [0.29, 0.717) is 11.5 Å². The molecule has 1 aromatic carbocycles. The molecule has 1 aliphatic heterocycles. The van der Waals surface area contributed by atoms with Gasteiger partial charge in [0.15, 0.2) is 0 Å². The molecule has 1 unspecified atom stereocenters. The first-order valence-electron chi connectivity index (χ1n) is 5.44. The van der Waals surface area contributed by atoms with E-state index < -0.39 is 0 Å². The number of oxime groups is 1. The average molecular weight is 214 g/mol. The Hall–Kier alpha value is -1.82. The monoisotopic (exact) mass is 214 g/mol. The Balaban J connectivity index is 2.24. The van der Waals surface area contributed by atoms with Crippen LogP contribution in [0.25, 0.3) is 0 Å². The van der Waals surface area contributed by atoms with Crippen LogP contribution in [0, 0.1) is 17.2 Å². The Morgan fingerprint density at radius 3 is 2.81 bits per heavy atom. The van der Waals surface area contributed by atoms with E-state index in [-0.39, 0.29) is 6.10 Å². The summed E-state index contributed by atoms with van der Waals surface area (Å²) in [6, 6.07) is 9.68. The van der Waals surface area contributed by atoms with E-state index in [9.17, 15) is 0 Å². The Kier molecular flexibility index (Phi) is 2.91. The summed E-state index contributed by atoms with van der Waals surface area (Å²) in [5, 5.41) is 13.1. The number of nitriles is 1. The fraction of sp³-hybridized carbons (Fsp3) is 0.385. The molecule has 0 N–H and O–H groups in total. The second-order valence-corrected chi connectivity index (χ2v) is 4.29. The zero-order valence-corrected chi connectivity index (χ0v) is 9.47. The minimum absolute atomic E-state index is 0.141. The highest BCUT2D eigenvalue weighted by Crippen LogP contribution is 2.23. The first kappa shape index (κ1) is 10.7. The van der Waals surface area contributed by atoms with Crippen LogP contribution in [0.3, 0.4) is 0 Å². The third-order valence-electron chi connectivity index (χ3n) is 2.79. The molecule has 0 spiro atoms. The first-order valence-corrected chi connectivity index (χ1v) is 5.44. The fourth-order valence-electron chi connectivity index (χ4n) is 1.75. The van der Waals surface area contributed by atoms with Gasteiger partial charge in [0.05, 0.1) is 17.3 Å². The van der Waals surface area contributed by atoms with E-state index in [1.807, 2.05) is 18.2 Å². The van der Waals surface area contributed by atoms with Crippen molar-refractivity contribution < 1.29 is 4.84 Å². The zero-order chi connectivity index (χ0) is 11.5. The van der Waals surface area contributed by atoms with E-state index in [0.717, 1.165) is 17.7 Å². The van der Waals surface area contributed by atoms with Gasteiger partial charge in [0.25, 0.3) is 0 Å². The van der Waals surface area contributed by atoms with Gasteiger partial charge in [-0.25, -0.2) is 0 Å². The van der Waals surface area contributed by atoms with Gasteiger partial charge in [-0.15, -0.1) is 0 Å². The Morgan fingerprint density at radius 1 is 1.44 bits per heavy atom. The lowest BCUT2D eigenvalue weighted by Crippen LogP contribution is -2.15. The summed E-state index contributed by atoms with van der Waals surface area (Å²) < 4.78 is 0. The van der Waals surface area contributed by atoms with Crippen LogP contribution in [0.2, 0.25) is 0 Å².